The summed E-state index contributed by atoms with van der Waals surface area (Å²) in [7, 11) is 0. The van der Waals surface area contributed by atoms with E-state index in [0.717, 1.165) is 28.0 Å². The smallest absolute Gasteiger partial charge is 0.189 e. The molecule has 2 aliphatic rings. The molecule has 17 heavy (non-hydrogen) atoms. The summed E-state index contributed by atoms with van der Waals surface area (Å²) < 4.78 is 2.13. The monoisotopic (exact) mass is 246 g/mol. The molecule has 0 N–H and O–H groups in total. The van der Waals surface area contributed by atoms with E-state index in [1.165, 1.54) is 19.3 Å². The van der Waals surface area contributed by atoms with Crippen molar-refractivity contribution in [3.63, 3.8) is 0 Å². The number of nitrogens with zero attached hydrogens (tertiary/aromatic N) is 4. The molecule has 2 heterocycles. The molecule has 4 nitrogen and oxygen atoms in total. The molecule has 4 rings (SSSR count). The quantitative estimate of drug-likeness (QED) is 0.603. The van der Waals surface area contributed by atoms with E-state index in [2.05, 4.69) is 19.7 Å². The van der Waals surface area contributed by atoms with Gasteiger partial charge in [0.05, 0.1) is 17.6 Å². The van der Waals surface area contributed by atoms with Gasteiger partial charge in [-0.3, -0.25) is 0 Å². The Morgan fingerprint density at radius 3 is 2.82 bits per heavy atom. The van der Waals surface area contributed by atoms with Crippen molar-refractivity contribution in [1.82, 2.24) is 19.7 Å². The van der Waals surface area contributed by atoms with Crippen LogP contribution in [-0.4, -0.2) is 26.0 Å². The van der Waals surface area contributed by atoms with Crippen molar-refractivity contribution < 1.29 is 0 Å². The third-order valence-electron chi connectivity index (χ3n) is 4.06. The highest BCUT2D eigenvalue weighted by Gasteiger charge is 2.47. The first kappa shape index (κ1) is 9.88. The summed E-state index contributed by atoms with van der Waals surface area (Å²) in [6.45, 7) is 0. The number of hydrogen-bond acceptors (Lipinski definition) is 4. The van der Waals surface area contributed by atoms with E-state index < -0.39 is 0 Å². The topological polar surface area (TPSA) is 43.6 Å². The van der Waals surface area contributed by atoms with Gasteiger partial charge in [-0.15, -0.1) is 0 Å². The van der Waals surface area contributed by atoms with Gasteiger partial charge in [-0.1, -0.05) is 11.8 Å². The molecule has 2 aromatic heterocycles. The Kier molecular flexibility index (Phi) is 2.00. The van der Waals surface area contributed by atoms with E-state index >= 15 is 0 Å². The summed E-state index contributed by atoms with van der Waals surface area (Å²) in [5.74, 6) is 1.95. The predicted molar refractivity (Wildman–Crippen MR) is 67.0 cm³/mol. The molecule has 0 radical (unpaired) electrons. The van der Waals surface area contributed by atoms with Crippen molar-refractivity contribution >= 4 is 22.8 Å². The predicted octanol–water partition coefficient (Wildman–Crippen LogP) is 2.52. The van der Waals surface area contributed by atoms with Crippen LogP contribution in [0.4, 0.5) is 0 Å². The van der Waals surface area contributed by atoms with E-state index in [1.807, 2.05) is 18.6 Å². The van der Waals surface area contributed by atoms with Crippen molar-refractivity contribution in [2.45, 2.75) is 30.5 Å². The zero-order chi connectivity index (χ0) is 11.4. The molecule has 5 heteroatoms. The maximum Gasteiger partial charge on any atom is 0.189 e. The molecular formula is C12H14N4S. The van der Waals surface area contributed by atoms with Gasteiger partial charge in [0.2, 0.25) is 0 Å². The number of thioether (sulfide) groups is 1. The Morgan fingerprint density at radius 1 is 1.24 bits per heavy atom. The van der Waals surface area contributed by atoms with Gasteiger partial charge in [0.15, 0.2) is 10.8 Å². The molecule has 2 atom stereocenters. The third kappa shape index (κ3) is 1.48. The average molecular weight is 246 g/mol. The van der Waals surface area contributed by atoms with Crippen molar-refractivity contribution in [3.05, 3.63) is 12.4 Å². The Morgan fingerprint density at radius 2 is 2.06 bits per heavy atom. The fourth-order valence-corrected chi connectivity index (χ4v) is 3.40. The van der Waals surface area contributed by atoms with Crippen LogP contribution in [0.2, 0.25) is 0 Å². The van der Waals surface area contributed by atoms with Crippen LogP contribution in [0.3, 0.4) is 0 Å². The molecule has 0 aliphatic heterocycles. The van der Waals surface area contributed by atoms with E-state index in [4.69, 9.17) is 0 Å². The SMILES string of the molecule is CSc1ncc2cnn(C3C[C@@H]4C[C@H]4C3)c2n1. The van der Waals surface area contributed by atoms with E-state index in [-0.39, 0.29) is 0 Å². The molecule has 0 saturated heterocycles. The van der Waals surface area contributed by atoms with Crippen LogP contribution in [0.1, 0.15) is 25.3 Å². The van der Waals surface area contributed by atoms with E-state index in [0.29, 0.717) is 6.04 Å². The molecule has 88 valence electrons. The van der Waals surface area contributed by atoms with Gasteiger partial charge >= 0.3 is 0 Å². The molecule has 0 unspecified atom stereocenters. The van der Waals surface area contributed by atoms with Gasteiger partial charge in [0.1, 0.15) is 0 Å². The Bertz CT molecular complexity index is 569. The number of hydrogen-bond donors (Lipinski definition) is 0. The maximum absolute atomic E-state index is 4.59. The normalized spacial score (nSPS) is 27.6. The summed E-state index contributed by atoms with van der Waals surface area (Å²) in [4.78, 5) is 8.88. The molecule has 0 amide bonds. The second-order valence-electron chi connectivity index (χ2n) is 5.11. The Hall–Kier alpha value is -1.10. The molecular weight excluding hydrogens is 232 g/mol. The summed E-state index contributed by atoms with van der Waals surface area (Å²) in [5, 5.41) is 6.41. The average Bonchev–Trinajstić information content (AvgIpc) is 2.81. The van der Waals surface area contributed by atoms with Gasteiger partial charge in [0, 0.05) is 6.20 Å². The highest BCUT2D eigenvalue weighted by molar-refractivity contribution is 7.98. The number of aromatic nitrogens is 4. The van der Waals surface area contributed by atoms with Gasteiger partial charge < -0.3 is 0 Å². The zero-order valence-electron chi connectivity index (χ0n) is 9.71. The lowest BCUT2D eigenvalue weighted by molar-refractivity contribution is 0.435. The Labute approximate surface area is 104 Å². The fraction of sp³-hybridized carbons (Fsp3) is 0.583. The van der Waals surface area contributed by atoms with Crippen molar-refractivity contribution in [2.24, 2.45) is 11.8 Å². The third-order valence-corrected chi connectivity index (χ3v) is 4.62. The number of fused-ring (bicyclic) bond motifs is 2. The maximum atomic E-state index is 4.59. The fourth-order valence-electron chi connectivity index (χ4n) is 3.07. The molecule has 2 fully saturated rings. The second-order valence-corrected chi connectivity index (χ2v) is 5.88. The summed E-state index contributed by atoms with van der Waals surface area (Å²) in [6.07, 6.45) is 9.81. The highest BCUT2D eigenvalue weighted by atomic mass is 32.2. The summed E-state index contributed by atoms with van der Waals surface area (Å²) in [6, 6.07) is 0.570. The molecule has 2 saturated carbocycles. The van der Waals surface area contributed by atoms with Gasteiger partial charge in [0.25, 0.3) is 0 Å². The lowest BCUT2D eigenvalue weighted by Crippen LogP contribution is -2.09. The zero-order valence-corrected chi connectivity index (χ0v) is 10.5. The lowest BCUT2D eigenvalue weighted by atomic mass is 10.2. The molecule has 0 bridgehead atoms. The van der Waals surface area contributed by atoms with Crippen LogP contribution in [0, 0.1) is 11.8 Å². The van der Waals surface area contributed by atoms with Crippen LogP contribution < -0.4 is 0 Å². The minimum Gasteiger partial charge on any atom is -0.244 e. The van der Waals surface area contributed by atoms with E-state index in [9.17, 15) is 0 Å². The second kappa shape index (κ2) is 3.45. The first-order chi connectivity index (χ1) is 8.35. The van der Waals surface area contributed by atoms with Crippen LogP contribution in [0.25, 0.3) is 11.0 Å². The van der Waals surface area contributed by atoms with Gasteiger partial charge in [-0.05, 0) is 37.4 Å². The number of rotatable bonds is 2. The van der Waals surface area contributed by atoms with Crippen LogP contribution >= 0.6 is 11.8 Å². The van der Waals surface area contributed by atoms with Crippen molar-refractivity contribution in [1.29, 1.82) is 0 Å². The van der Waals surface area contributed by atoms with Gasteiger partial charge in [-0.25, -0.2) is 14.6 Å². The van der Waals surface area contributed by atoms with E-state index in [1.54, 1.807) is 11.8 Å². The highest BCUT2D eigenvalue weighted by Crippen LogP contribution is 2.56. The molecule has 2 aliphatic carbocycles. The largest absolute Gasteiger partial charge is 0.244 e. The minimum absolute atomic E-state index is 0.570. The Balaban J connectivity index is 1.78. The van der Waals surface area contributed by atoms with Crippen LogP contribution in [-0.2, 0) is 0 Å². The summed E-state index contributed by atoms with van der Waals surface area (Å²) >= 11 is 1.58. The standard InChI is InChI=1S/C12H14N4S/c1-17-12-13-5-9-6-14-16(11(9)15-12)10-3-7-2-8(7)4-10/h5-8,10H,2-4H2,1H3/t7-,8-/m0/s1. The molecule has 0 aromatic carbocycles. The van der Waals surface area contributed by atoms with Crippen molar-refractivity contribution in [3.8, 4) is 0 Å². The minimum atomic E-state index is 0.570. The van der Waals surface area contributed by atoms with Crippen molar-refractivity contribution in [2.75, 3.05) is 6.26 Å². The first-order valence-corrected chi connectivity index (χ1v) is 7.32. The lowest BCUT2D eigenvalue weighted by Gasteiger charge is -2.13. The first-order valence-electron chi connectivity index (χ1n) is 6.09. The van der Waals surface area contributed by atoms with Gasteiger partial charge in [-0.2, -0.15) is 5.10 Å². The van der Waals surface area contributed by atoms with Crippen LogP contribution in [0.15, 0.2) is 17.6 Å². The summed E-state index contributed by atoms with van der Waals surface area (Å²) in [5.41, 5.74) is 1.01. The van der Waals surface area contributed by atoms with Crippen LogP contribution in [0.5, 0.6) is 0 Å². The molecule has 2 aromatic rings. The molecule has 0 spiro atoms.